The van der Waals surface area contributed by atoms with Crippen LogP contribution in [0.15, 0.2) is 36.3 Å². The molecule has 1 saturated carbocycles. The fraction of sp³-hybridized carbons (Fsp3) is 0.318. The molecule has 0 aromatic carbocycles. The monoisotopic (exact) mass is 443 g/mol. The van der Waals surface area contributed by atoms with E-state index in [1.165, 1.54) is 0 Å². The normalized spacial score (nSPS) is 16.8. The molecule has 0 spiro atoms. The van der Waals surface area contributed by atoms with Crippen molar-refractivity contribution in [3.05, 3.63) is 47.4 Å². The number of nitrogens with one attached hydrogen (secondary N) is 2. The Labute approximate surface area is 189 Å². The molecule has 5 rings (SSSR count). The van der Waals surface area contributed by atoms with Gasteiger partial charge in [0.05, 0.1) is 25.1 Å². The van der Waals surface area contributed by atoms with Crippen molar-refractivity contribution in [3.8, 4) is 6.07 Å². The number of amides is 2. The third-order valence-electron chi connectivity index (χ3n) is 5.39. The summed E-state index contributed by atoms with van der Waals surface area (Å²) in [6.07, 6.45) is 9.15. The molecular weight excluding hydrogens is 422 g/mol. The number of carbonyl (C=O) groups is 2. The van der Waals surface area contributed by atoms with E-state index in [0.717, 1.165) is 18.4 Å². The molecule has 0 radical (unpaired) electrons. The van der Waals surface area contributed by atoms with Crippen molar-refractivity contribution in [2.75, 3.05) is 16.8 Å². The van der Waals surface area contributed by atoms with E-state index in [4.69, 9.17) is 15.2 Å². The summed E-state index contributed by atoms with van der Waals surface area (Å²) < 4.78 is 1.61. The Bertz CT molecular complexity index is 1290. The second-order valence-corrected chi connectivity index (χ2v) is 8.02. The minimum absolute atomic E-state index is 0.0244. The summed E-state index contributed by atoms with van der Waals surface area (Å²) in [6.45, 7) is 0.919. The van der Waals surface area contributed by atoms with Gasteiger partial charge >= 0.3 is 0 Å². The molecule has 33 heavy (non-hydrogen) atoms. The number of carbonyl (C=O) groups excluding carboxylic acids is 2. The quantitative estimate of drug-likeness (QED) is 0.391. The molecule has 11 heteroatoms. The zero-order chi connectivity index (χ0) is 22.8. The Morgan fingerprint density at radius 1 is 1.30 bits per heavy atom. The number of pyridine rings is 1. The van der Waals surface area contributed by atoms with Gasteiger partial charge in [-0.3, -0.25) is 19.9 Å². The molecule has 1 saturated heterocycles. The third-order valence-corrected chi connectivity index (χ3v) is 5.39. The van der Waals surface area contributed by atoms with Crippen molar-refractivity contribution >= 4 is 35.4 Å². The number of hydrogen-bond acceptors (Lipinski definition) is 9. The first-order valence-electron chi connectivity index (χ1n) is 10.7. The van der Waals surface area contributed by atoms with Crippen LogP contribution < -0.4 is 15.5 Å². The lowest BCUT2D eigenvalue weighted by Gasteiger charge is -2.22. The first-order chi connectivity index (χ1) is 16.1. The van der Waals surface area contributed by atoms with Crippen molar-refractivity contribution in [2.45, 2.75) is 38.3 Å². The molecule has 0 bridgehead atoms. The maximum absolute atomic E-state index is 12.0. The maximum atomic E-state index is 12.0. The molecule has 0 atom stereocenters. The number of imide groups is 1. The summed E-state index contributed by atoms with van der Waals surface area (Å²) >= 11 is 0. The van der Waals surface area contributed by atoms with Gasteiger partial charge < -0.3 is 10.2 Å². The number of rotatable bonds is 8. The number of anilines is 2. The molecule has 0 unspecified atom stereocenters. The minimum atomic E-state index is -0.405. The van der Waals surface area contributed by atoms with Crippen LogP contribution in [0.2, 0.25) is 0 Å². The van der Waals surface area contributed by atoms with Crippen molar-refractivity contribution < 1.29 is 9.59 Å². The Morgan fingerprint density at radius 2 is 2.18 bits per heavy atom. The number of nitrogens with zero attached hydrogens (tertiary/aromatic N) is 7. The number of fused-ring (bicyclic) bond motifs is 1. The van der Waals surface area contributed by atoms with Crippen molar-refractivity contribution in [1.29, 1.82) is 5.26 Å². The van der Waals surface area contributed by atoms with Crippen LogP contribution in [-0.4, -0.2) is 49.0 Å². The average Bonchev–Trinajstić information content (AvgIpc) is 3.45. The first kappa shape index (κ1) is 20.6. The van der Waals surface area contributed by atoms with Gasteiger partial charge in [-0.15, -0.1) is 0 Å². The van der Waals surface area contributed by atoms with Crippen LogP contribution >= 0.6 is 0 Å². The van der Waals surface area contributed by atoms with Gasteiger partial charge in [0, 0.05) is 42.7 Å². The minimum Gasteiger partial charge on any atom is -0.351 e. The SMILES string of the molecule is N#CCCN(Cc1cccnc1)c1nc(NC2CC2)n2ncc(/C=C3\CC(=O)NC3=O)c2n1. The van der Waals surface area contributed by atoms with E-state index in [2.05, 4.69) is 26.8 Å². The van der Waals surface area contributed by atoms with Gasteiger partial charge in [0.15, 0.2) is 5.65 Å². The fourth-order valence-electron chi connectivity index (χ4n) is 3.59. The average molecular weight is 443 g/mol. The number of nitriles is 1. The van der Waals surface area contributed by atoms with Crippen LogP contribution in [0, 0.1) is 11.3 Å². The van der Waals surface area contributed by atoms with E-state index >= 15 is 0 Å². The summed E-state index contributed by atoms with van der Waals surface area (Å²) in [4.78, 5) is 39.2. The Hall–Kier alpha value is -4.33. The van der Waals surface area contributed by atoms with E-state index in [1.54, 1.807) is 29.2 Å². The van der Waals surface area contributed by atoms with Gasteiger partial charge in [-0.05, 0) is 30.5 Å². The second-order valence-electron chi connectivity index (χ2n) is 8.02. The summed E-state index contributed by atoms with van der Waals surface area (Å²) in [6, 6.07) is 6.32. The van der Waals surface area contributed by atoms with Crippen molar-refractivity contribution in [3.63, 3.8) is 0 Å². The van der Waals surface area contributed by atoms with Crippen LogP contribution in [-0.2, 0) is 16.1 Å². The highest BCUT2D eigenvalue weighted by Gasteiger charge is 2.27. The zero-order valence-electron chi connectivity index (χ0n) is 17.7. The predicted molar refractivity (Wildman–Crippen MR) is 119 cm³/mol. The summed E-state index contributed by atoms with van der Waals surface area (Å²) in [5.74, 6) is 0.254. The van der Waals surface area contributed by atoms with Crippen LogP contribution in [0.5, 0.6) is 0 Å². The van der Waals surface area contributed by atoms with Gasteiger partial charge in [0.25, 0.3) is 5.91 Å². The Morgan fingerprint density at radius 3 is 2.88 bits per heavy atom. The third kappa shape index (κ3) is 4.50. The molecule has 2 N–H and O–H groups in total. The molecule has 2 aliphatic rings. The lowest BCUT2D eigenvalue weighted by atomic mass is 10.1. The highest BCUT2D eigenvalue weighted by atomic mass is 16.2. The smallest absolute Gasteiger partial charge is 0.254 e. The number of aromatic nitrogens is 5. The largest absolute Gasteiger partial charge is 0.351 e. The molecule has 3 aromatic rings. The zero-order valence-corrected chi connectivity index (χ0v) is 17.7. The molecule has 1 aliphatic carbocycles. The Balaban J connectivity index is 1.58. The van der Waals surface area contributed by atoms with Gasteiger partial charge in [-0.2, -0.15) is 24.8 Å². The molecule has 2 fully saturated rings. The van der Waals surface area contributed by atoms with Crippen molar-refractivity contribution in [1.82, 2.24) is 29.9 Å². The Kier molecular flexibility index (Phi) is 5.40. The standard InChI is InChI=1S/C22H21N9O2/c23-6-2-8-30(13-14-3-1-7-24-11-14)21-28-19-16(9-15-10-18(32)27-20(15)33)12-25-31(19)22(29-21)26-17-4-5-17/h1,3,7,9,11-12,17H,2,4-5,8,10,13H2,(H,26,28,29)(H,27,32,33)/b15-9+. The summed E-state index contributed by atoms with van der Waals surface area (Å²) in [5.41, 5.74) is 2.45. The second kappa shape index (κ2) is 8.66. The topological polar surface area (TPSA) is 141 Å². The van der Waals surface area contributed by atoms with Gasteiger partial charge in [-0.25, -0.2) is 0 Å². The summed E-state index contributed by atoms with van der Waals surface area (Å²) in [5, 5.41) is 19.3. The van der Waals surface area contributed by atoms with Crippen LogP contribution in [0.3, 0.4) is 0 Å². The lowest BCUT2D eigenvalue weighted by Crippen LogP contribution is -2.27. The van der Waals surface area contributed by atoms with E-state index in [9.17, 15) is 9.59 Å². The molecule has 1 aliphatic heterocycles. The lowest BCUT2D eigenvalue weighted by molar-refractivity contribution is -0.124. The first-order valence-corrected chi connectivity index (χ1v) is 10.7. The fourth-order valence-corrected chi connectivity index (χ4v) is 3.59. The highest BCUT2D eigenvalue weighted by molar-refractivity contribution is 6.15. The van der Waals surface area contributed by atoms with Crippen molar-refractivity contribution in [2.24, 2.45) is 0 Å². The number of hydrogen-bond donors (Lipinski definition) is 2. The van der Waals surface area contributed by atoms with Gasteiger partial charge in [0.2, 0.25) is 17.8 Å². The molecule has 3 aromatic heterocycles. The summed E-state index contributed by atoms with van der Waals surface area (Å²) in [7, 11) is 0. The van der Waals surface area contributed by atoms with E-state index in [1.807, 2.05) is 17.0 Å². The predicted octanol–water partition coefficient (Wildman–Crippen LogP) is 1.44. The van der Waals surface area contributed by atoms with Gasteiger partial charge in [-0.1, -0.05) is 6.07 Å². The molecule has 4 heterocycles. The van der Waals surface area contributed by atoms with E-state index in [0.29, 0.717) is 54.2 Å². The van der Waals surface area contributed by atoms with Gasteiger partial charge in [0.1, 0.15) is 0 Å². The molecule has 2 amide bonds. The molecule has 166 valence electrons. The van der Waals surface area contributed by atoms with E-state index < -0.39 is 5.91 Å². The molecular formula is C22H21N9O2. The molecule has 11 nitrogen and oxygen atoms in total. The van der Waals surface area contributed by atoms with Crippen LogP contribution in [0.25, 0.3) is 11.7 Å². The maximum Gasteiger partial charge on any atom is 0.254 e. The van der Waals surface area contributed by atoms with Crippen LogP contribution in [0.4, 0.5) is 11.9 Å². The highest BCUT2D eigenvalue weighted by Crippen LogP contribution is 2.27. The van der Waals surface area contributed by atoms with Crippen LogP contribution in [0.1, 0.15) is 36.8 Å². The van der Waals surface area contributed by atoms with E-state index in [-0.39, 0.29) is 12.3 Å².